The van der Waals surface area contributed by atoms with E-state index < -0.39 is 17.8 Å². The van der Waals surface area contributed by atoms with Gasteiger partial charge in [0.1, 0.15) is 5.82 Å². The van der Waals surface area contributed by atoms with Crippen LogP contribution in [0.25, 0.3) is 0 Å². The normalized spacial score (nSPS) is 19.1. The molecular formula is C22H26FN3O3S. The summed E-state index contributed by atoms with van der Waals surface area (Å²) in [6.45, 7) is 5.83. The summed E-state index contributed by atoms with van der Waals surface area (Å²) in [4.78, 5) is 31.7. The van der Waals surface area contributed by atoms with Crippen LogP contribution in [-0.4, -0.2) is 35.1 Å². The van der Waals surface area contributed by atoms with Crippen molar-refractivity contribution >= 4 is 28.8 Å². The number of esters is 1. The quantitative estimate of drug-likeness (QED) is 0.653. The highest BCUT2D eigenvalue weighted by Gasteiger charge is 2.42. The van der Waals surface area contributed by atoms with Crippen molar-refractivity contribution in [3.05, 3.63) is 58.0 Å². The van der Waals surface area contributed by atoms with Gasteiger partial charge in [0.25, 0.3) is 0 Å². The fraction of sp³-hybridized carbons (Fsp3) is 0.409. The summed E-state index contributed by atoms with van der Waals surface area (Å²) in [6.07, 6.45) is 1.43. The fourth-order valence-corrected chi connectivity index (χ4v) is 4.43. The molecule has 2 heterocycles. The number of aliphatic imine (C=N–C) groups is 1. The molecule has 0 fully saturated rings. The number of hydrogen-bond acceptors (Lipinski definition) is 6. The molecule has 160 valence electrons. The SMILES string of the molecule is CCC1=C(C(=O)OC)C(c2ccccc2F)N2C(CC(=O)NC(C)CC)=CSC2=N1. The van der Waals surface area contributed by atoms with Crippen molar-refractivity contribution in [3.63, 3.8) is 0 Å². The topological polar surface area (TPSA) is 71.0 Å². The number of ether oxygens (including phenoxy) is 1. The molecular weight excluding hydrogens is 405 g/mol. The molecule has 2 unspecified atom stereocenters. The fourth-order valence-electron chi connectivity index (χ4n) is 3.50. The van der Waals surface area contributed by atoms with Crippen LogP contribution in [0.2, 0.25) is 0 Å². The average Bonchev–Trinajstić information content (AvgIpc) is 3.14. The second kappa shape index (κ2) is 9.47. The monoisotopic (exact) mass is 431 g/mol. The molecule has 0 saturated carbocycles. The van der Waals surface area contributed by atoms with E-state index in [9.17, 15) is 14.0 Å². The summed E-state index contributed by atoms with van der Waals surface area (Å²) in [6, 6.07) is 5.66. The summed E-state index contributed by atoms with van der Waals surface area (Å²) >= 11 is 1.37. The van der Waals surface area contributed by atoms with Crippen molar-refractivity contribution in [1.29, 1.82) is 0 Å². The van der Waals surface area contributed by atoms with Crippen LogP contribution in [0.5, 0.6) is 0 Å². The first kappa shape index (κ1) is 22.1. The highest BCUT2D eigenvalue weighted by Crippen LogP contribution is 2.45. The number of amides is 1. The van der Waals surface area contributed by atoms with Crippen LogP contribution in [-0.2, 0) is 14.3 Å². The second-order valence-corrected chi connectivity index (χ2v) is 8.01. The number of halogens is 1. The molecule has 1 amide bonds. The standard InChI is InChI=1S/C22H26FN3O3S/c1-5-13(3)24-18(27)11-14-12-30-22-25-17(6-2)19(21(28)29-4)20(26(14)22)15-9-7-8-10-16(15)23/h7-10,12-13,20H,5-6,11H2,1-4H3,(H,24,27). The van der Waals surface area contributed by atoms with Gasteiger partial charge in [-0.1, -0.05) is 43.8 Å². The van der Waals surface area contributed by atoms with Gasteiger partial charge in [-0.15, -0.1) is 0 Å². The lowest BCUT2D eigenvalue weighted by Crippen LogP contribution is -2.39. The van der Waals surface area contributed by atoms with Gasteiger partial charge in [0.05, 0.1) is 30.8 Å². The van der Waals surface area contributed by atoms with Gasteiger partial charge in [-0.25, -0.2) is 14.2 Å². The number of hydrogen-bond donors (Lipinski definition) is 1. The predicted octanol–water partition coefficient (Wildman–Crippen LogP) is 4.27. The molecule has 2 aliphatic rings. The summed E-state index contributed by atoms with van der Waals surface area (Å²) < 4.78 is 19.9. The van der Waals surface area contributed by atoms with E-state index in [0.29, 0.717) is 34.1 Å². The maximum atomic E-state index is 14.9. The van der Waals surface area contributed by atoms with Crippen LogP contribution < -0.4 is 5.32 Å². The smallest absolute Gasteiger partial charge is 0.338 e. The Balaban J connectivity index is 2.05. The van der Waals surface area contributed by atoms with E-state index in [-0.39, 0.29) is 18.4 Å². The van der Waals surface area contributed by atoms with Crippen LogP contribution in [0.15, 0.2) is 51.6 Å². The molecule has 1 N–H and O–H groups in total. The minimum absolute atomic E-state index is 0.0567. The number of rotatable bonds is 7. The summed E-state index contributed by atoms with van der Waals surface area (Å²) in [5.41, 5.74) is 1.87. The lowest BCUT2D eigenvalue weighted by atomic mass is 9.92. The molecule has 6 nitrogen and oxygen atoms in total. The van der Waals surface area contributed by atoms with E-state index in [1.807, 2.05) is 26.2 Å². The molecule has 0 saturated heterocycles. The van der Waals surface area contributed by atoms with Gasteiger partial charge in [-0.2, -0.15) is 0 Å². The minimum Gasteiger partial charge on any atom is -0.466 e. The van der Waals surface area contributed by atoms with E-state index in [2.05, 4.69) is 10.3 Å². The van der Waals surface area contributed by atoms with Gasteiger partial charge in [-0.3, -0.25) is 4.79 Å². The van der Waals surface area contributed by atoms with Gasteiger partial charge in [0.15, 0.2) is 5.17 Å². The van der Waals surface area contributed by atoms with Gasteiger partial charge in [0.2, 0.25) is 5.91 Å². The Morgan fingerprint density at radius 2 is 2.07 bits per heavy atom. The molecule has 0 spiro atoms. The van der Waals surface area contributed by atoms with E-state index in [4.69, 9.17) is 4.74 Å². The van der Waals surface area contributed by atoms with Crippen LogP contribution in [0, 0.1) is 5.82 Å². The number of nitrogens with one attached hydrogen (secondary N) is 1. The lowest BCUT2D eigenvalue weighted by molar-refractivity contribution is -0.136. The molecule has 8 heteroatoms. The number of allylic oxidation sites excluding steroid dienone is 1. The molecule has 1 aromatic rings. The molecule has 1 aromatic carbocycles. The highest BCUT2D eigenvalue weighted by molar-refractivity contribution is 8.16. The largest absolute Gasteiger partial charge is 0.466 e. The molecule has 0 aliphatic carbocycles. The molecule has 2 aliphatic heterocycles. The van der Waals surface area contributed by atoms with E-state index >= 15 is 0 Å². The maximum Gasteiger partial charge on any atom is 0.338 e. The highest BCUT2D eigenvalue weighted by atomic mass is 32.2. The Labute approximate surface area is 180 Å². The predicted molar refractivity (Wildman–Crippen MR) is 116 cm³/mol. The number of amidine groups is 1. The number of carbonyl (C=O) groups is 2. The van der Waals surface area contributed by atoms with Crippen molar-refractivity contribution < 1.29 is 18.7 Å². The average molecular weight is 432 g/mol. The maximum absolute atomic E-state index is 14.9. The number of thioether (sulfide) groups is 1. The molecule has 30 heavy (non-hydrogen) atoms. The number of benzene rings is 1. The number of carbonyl (C=O) groups excluding carboxylic acids is 2. The minimum atomic E-state index is -0.751. The summed E-state index contributed by atoms with van der Waals surface area (Å²) in [5.74, 6) is -1.11. The van der Waals surface area contributed by atoms with Crippen molar-refractivity contribution in [2.75, 3.05) is 7.11 Å². The van der Waals surface area contributed by atoms with Crippen LogP contribution >= 0.6 is 11.8 Å². The van der Waals surface area contributed by atoms with Gasteiger partial charge in [-0.05, 0) is 31.2 Å². The van der Waals surface area contributed by atoms with Gasteiger partial charge in [0, 0.05) is 17.3 Å². The first-order chi connectivity index (χ1) is 14.4. The zero-order valence-electron chi connectivity index (χ0n) is 17.6. The molecule has 2 atom stereocenters. The molecule has 0 aromatic heterocycles. The van der Waals surface area contributed by atoms with Crippen molar-refractivity contribution in [2.24, 2.45) is 4.99 Å². The first-order valence-electron chi connectivity index (χ1n) is 9.99. The van der Waals surface area contributed by atoms with Crippen LogP contribution in [0.3, 0.4) is 0 Å². The Kier molecular flexibility index (Phi) is 6.97. The second-order valence-electron chi connectivity index (χ2n) is 7.17. The van der Waals surface area contributed by atoms with Crippen molar-refractivity contribution in [3.8, 4) is 0 Å². The zero-order chi connectivity index (χ0) is 21.8. The number of nitrogens with zero attached hydrogens (tertiary/aromatic N) is 2. The Morgan fingerprint density at radius 3 is 2.70 bits per heavy atom. The van der Waals surface area contributed by atoms with E-state index in [1.54, 1.807) is 23.1 Å². The molecule has 0 radical (unpaired) electrons. The Hall–Kier alpha value is -2.61. The molecule has 0 bridgehead atoms. The first-order valence-corrected chi connectivity index (χ1v) is 10.9. The number of fused-ring (bicyclic) bond motifs is 1. The van der Waals surface area contributed by atoms with Crippen LogP contribution in [0.1, 0.15) is 51.6 Å². The van der Waals surface area contributed by atoms with Crippen molar-refractivity contribution in [2.45, 2.75) is 52.1 Å². The Morgan fingerprint density at radius 1 is 1.33 bits per heavy atom. The third kappa shape index (κ3) is 4.28. The van der Waals surface area contributed by atoms with E-state index in [1.165, 1.54) is 24.9 Å². The summed E-state index contributed by atoms with van der Waals surface area (Å²) in [7, 11) is 1.30. The third-order valence-corrected chi connectivity index (χ3v) is 6.08. The number of methoxy groups -OCH3 is 1. The molecule has 3 rings (SSSR count). The lowest BCUT2D eigenvalue weighted by Gasteiger charge is -2.36. The van der Waals surface area contributed by atoms with Gasteiger partial charge < -0.3 is 15.0 Å². The zero-order valence-corrected chi connectivity index (χ0v) is 18.4. The van der Waals surface area contributed by atoms with E-state index in [0.717, 1.165) is 6.42 Å². The Bertz CT molecular complexity index is 941. The van der Waals surface area contributed by atoms with Crippen molar-refractivity contribution in [1.82, 2.24) is 10.2 Å². The third-order valence-electron chi connectivity index (χ3n) is 5.19. The van der Waals surface area contributed by atoms with Gasteiger partial charge >= 0.3 is 5.97 Å². The van der Waals surface area contributed by atoms with Crippen LogP contribution in [0.4, 0.5) is 4.39 Å². The summed E-state index contributed by atoms with van der Waals surface area (Å²) in [5, 5.41) is 5.42.